The molecule has 0 N–H and O–H groups in total. The van der Waals surface area contributed by atoms with Gasteiger partial charge in [0.15, 0.2) is 0 Å². The molecule has 1 aromatic rings. The smallest absolute Gasteiger partial charge is 0.0105 e. The molecule has 0 bridgehead atoms. The molecule has 91 valence electrons. The molecule has 2 fully saturated rings. The molecular formula is C17H23. The molecule has 1 aromatic carbocycles. The monoisotopic (exact) mass is 227 g/mol. The quantitative estimate of drug-likeness (QED) is 0.646. The molecule has 0 aromatic heterocycles. The number of fused-ring (bicyclic) bond motifs is 1. The van der Waals surface area contributed by atoms with Crippen LogP contribution >= 0.6 is 0 Å². The zero-order chi connectivity index (χ0) is 11.7. The normalized spacial score (nSPS) is 37.5. The van der Waals surface area contributed by atoms with Gasteiger partial charge >= 0.3 is 0 Å². The second-order valence-corrected chi connectivity index (χ2v) is 6.12. The zero-order valence-corrected chi connectivity index (χ0v) is 10.9. The predicted octanol–water partition coefficient (Wildman–Crippen LogP) is 4.81. The fourth-order valence-corrected chi connectivity index (χ4v) is 4.34. The van der Waals surface area contributed by atoms with Gasteiger partial charge in [0.25, 0.3) is 0 Å². The average molecular weight is 227 g/mol. The summed E-state index contributed by atoms with van der Waals surface area (Å²) in [5.74, 6) is 3.68. The average Bonchev–Trinajstić information content (AvgIpc) is 2.39. The van der Waals surface area contributed by atoms with Crippen molar-refractivity contribution in [1.82, 2.24) is 0 Å². The highest BCUT2D eigenvalue weighted by molar-refractivity contribution is 5.22. The Bertz CT molecular complexity index is 354. The van der Waals surface area contributed by atoms with Crippen LogP contribution in [-0.2, 0) is 0 Å². The van der Waals surface area contributed by atoms with Gasteiger partial charge in [-0.1, -0.05) is 50.5 Å². The van der Waals surface area contributed by atoms with E-state index in [0.29, 0.717) is 0 Å². The van der Waals surface area contributed by atoms with Crippen molar-refractivity contribution in [3.05, 3.63) is 35.9 Å². The van der Waals surface area contributed by atoms with Crippen molar-refractivity contribution in [2.75, 3.05) is 0 Å². The van der Waals surface area contributed by atoms with E-state index in [-0.39, 0.29) is 0 Å². The van der Waals surface area contributed by atoms with Crippen LogP contribution in [0.3, 0.4) is 0 Å². The summed E-state index contributed by atoms with van der Waals surface area (Å²) in [7, 11) is 0. The van der Waals surface area contributed by atoms with Crippen LogP contribution in [0.15, 0.2) is 24.3 Å². The van der Waals surface area contributed by atoms with Gasteiger partial charge in [-0.25, -0.2) is 0 Å². The standard InChI is InChI=1S/C17H23/c1-13-11-12-14-7-5-6-10-16(14)17(13)15-8-3-2-4-9-15/h3-4,8-9,13-14,16-17H,5-7,10-12H2,1H3. The molecule has 17 heavy (non-hydrogen) atoms. The zero-order valence-electron chi connectivity index (χ0n) is 10.9. The van der Waals surface area contributed by atoms with Crippen molar-refractivity contribution in [3.63, 3.8) is 0 Å². The Morgan fingerprint density at radius 2 is 1.76 bits per heavy atom. The van der Waals surface area contributed by atoms with Crippen LogP contribution in [0.1, 0.15) is 56.9 Å². The van der Waals surface area contributed by atoms with E-state index in [1.807, 2.05) is 0 Å². The Balaban J connectivity index is 1.89. The van der Waals surface area contributed by atoms with Crippen LogP contribution in [0.2, 0.25) is 0 Å². The van der Waals surface area contributed by atoms with Crippen molar-refractivity contribution in [2.24, 2.45) is 17.8 Å². The maximum Gasteiger partial charge on any atom is -0.0105 e. The van der Waals surface area contributed by atoms with E-state index in [1.54, 1.807) is 5.56 Å². The molecule has 2 saturated carbocycles. The van der Waals surface area contributed by atoms with E-state index in [2.05, 4.69) is 37.3 Å². The first-order valence-corrected chi connectivity index (χ1v) is 7.32. The van der Waals surface area contributed by atoms with E-state index in [1.165, 1.54) is 38.5 Å². The van der Waals surface area contributed by atoms with Gasteiger partial charge in [0.1, 0.15) is 0 Å². The van der Waals surface area contributed by atoms with Gasteiger partial charge in [-0.15, -0.1) is 0 Å². The van der Waals surface area contributed by atoms with Gasteiger partial charge in [-0.05, 0) is 54.6 Å². The van der Waals surface area contributed by atoms with Gasteiger partial charge in [0.05, 0.1) is 0 Å². The van der Waals surface area contributed by atoms with E-state index >= 15 is 0 Å². The summed E-state index contributed by atoms with van der Waals surface area (Å²) < 4.78 is 0. The minimum atomic E-state index is 0.823. The molecule has 3 rings (SSSR count). The topological polar surface area (TPSA) is 0 Å². The maximum atomic E-state index is 3.16. The maximum absolute atomic E-state index is 3.16. The molecular weight excluding hydrogens is 204 g/mol. The highest BCUT2D eigenvalue weighted by Gasteiger charge is 2.38. The summed E-state index contributed by atoms with van der Waals surface area (Å²) in [6, 6.07) is 11.9. The Hall–Kier alpha value is -0.780. The molecule has 0 amide bonds. The predicted molar refractivity (Wildman–Crippen MR) is 71.9 cm³/mol. The van der Waals surface area contributed by atoms with Crippen LogP contribution in [0.5, 0.6) is 0 Å². The molecule has 4 unspecified atom stereocenters. The Morgan fingerprint density at radius 1 is 1.00 bits per heavy atom. The third-order valence-electron chi connectivity index (χ3n) is 5.16. The van der Waals surface area contributed by atoms with E-state index in [0.717, 1.165) is 23.7 Å². The van der Waals surface area contributed by atoms with Gasteiger partial charge in [-0.2, -0.15) is 0 Å². The third kappa shape index (κ3) is 2.14. The number of benzene rings is 1. The lowest BCUT2D eigenvalue weighted by molar-refractivity contribution is 0.107. The summed E-state index contributed by atoms with van der Waals surface area (Å²) in [6.45, 7) is 2.46. The van der Waals surface area contributed by atoms with Crippen LogP contribution in [0, 0.1) is 23.8 Å². The van der Waals surface area contributed by atoms with Crippen molar-refractivity contribution in [3.8, 4) is 0 Å². The second kappa shape index (κ2) is 4.84. The highest BCUT2D eigenvalue weighted by atomic mass is 14.4. The Labute approximate surface area is 105 Å². The van der Waals surface area contributed by atoms with E-state index in [9.17, 15) is 0 Å². The number of hydrogen-bond acceptors (Lipinski definition) is 0. The fourth-order valence-electron chi connectivity index (χ4n) is 4.34. The summed E-state index contributed by atoms with van der Waals surface area (Å²) in [4.78, 5) is 0. The SMILES string of the molecule is CC1CCC2CCCCC2C1c1cc[c]cc1. The summed E-state index contributed by atoms with van der Waals surface area (Å²) in [5, 5.41) is 0. The molecule has 1 radical (unpaired) electrons. The molecule has 0 heteroatoms. The van der Waals surface area contributed by atoms with Crippen molar-refractivity contribution in [2.45, 2.75) is 51.4 Å². The molecule has 0 aliphatic heterocycles. The van der Waals surface area contributed by atoms with Crippen molar-refractivity contribution < 1.29 is 0 Å². The van der Waals surface area contributed by atoms with Crippen molar-refractivity contribution in [1.29, 1.82) is 0 Å². The van der Waals surface area contributed by atoms with E-state index in [4.69, 9.17) is 0 Å². The van der Waals surface area contributed by atoms with Crippen LogP contribution < -0.4 is 0 Å². The van der Waals surface area contributed by atoms with E-state index < -0.39 is 0 Å². The fraction of sp³-hybridized carbons (Fsp3) is 0.647. The molecule has 0 heterocycles. The minimum Gasteiger partial charge on any atom is -0.0619 e. The molecule has 0 spiro atoms. The largest absolute Gasteiger partial charge is 0.0619 e. The Morgan fingerprint density at radius 3 is 2.59 bits per heavy atom. The highest BCUT2D eigenvalue weighted by Crippen LogP contribution is 2.50. The lowest BCUT2D eigenvalue weighted by Gasteiger charge is -2.45. The first-order valence-electron chi connectivity index (χ1n) is 7.32. The van der Waals surface area contributed by atoms with Gasteiger partial charge in [-0.3, -0.25) is 0 Å². The van der Waals surface area contributed by atoms with Crippen molar-refractivity contribution >= 4 is 0 Å². The summed E-state index contributed by atoms with van der Waals surface area (Å²) >= 11 is 0. The number of rotatable bonds is 1. The minimum absolute atomic E-state index is 0.823. The molecule has 0 nitrogen and oxygen atoms in total. The Kier molecular flexibility index (Phi) is 3.22. The van der Waals surface area contributed by atoms with Gasteiger partial charge in [0.2, 0.25) is 0 Å². The third-order valence-corrected chi connectivity index (χ3v) is 5.16. The lowest BCUT2D eigenvalue weighted by Crippen LogP contribution is -2.34. The van der Waals surface area contributed by atoms with Gasteiger partial charge in [0, 0.05) is 0 Å². The lowest BCUT2D eigenvalue weighted by atomic mass is 9.60. The van der Waals surface area contributed by atoms with Crippen LogP contribution in [-0.4, -0.2) is 0 Å². The van der Waals surface area contributed by atoms with Gasteiger partial charge < -0.3 is 0 Å². The molecule has 0 saturated heterocycles. The second-order valence-electron chi connectivity index (χ2n) is 6.12. The first-order chi connectivity index (χ1) is 8.36. The van der Waals surface area contributed by atoms with Crippen LogP contribution in [0.25, 0.3) is 0 Å². The molecule has 2 aliphatic rings. The molecule has 2 aliphatic carbocycles. The first kappa shape index (κ1) is 11.3. The number of hydrogen-bond donors (Lipinski definition) is 0. The summed E-state index contributed by atoms with van der Waals surface area (Å²) in [6.07, 6.45) is 8.82. The summed E-state index contributed by atoms with van der Waals surface area (Å²) in [5.41, 5.74) is 1.58. The molecule has 4 atom stereocenters. The van der Waals surface area contributed by atoms with Crippen LogP contribution in [0.4, 0.5) is 0 Å².